The molecule has 3 N–H and O–H groups in total. The fraction of sp³-hybridized carbons (Fsp3) is 0.412. The molecule has 3 atom stereocenters. The summed E-state index contributed by atoms with van der Waals surface area (Å²) in [6.45, 7) is 4.39. The number of carboxylic acid groups (broad SMARTS) is 1. The normalized spacial score (nSPS) is 13.7. The number of guanidine groups is 1. The van der Waals surface area contributed by atoms with Gasteiger partial charge < -0.3 is 19.5 Å². The average Bonchev–Trinajstić information content (AvgIpc) is 2.59. The van der Waals surface area contributed by atoms with E-state index in [-0.39, 0.29) is 0 Å². The molecule has 142 valence electrons. The Morgan fingerprint density at radius 2 is 1.69 bits per heavy atom. The number of nitrogens with zero attached hydrogens (tertiary/aromatic N) is 1. The summed E-state index contributed by atoms with van der Waals surface area (Å²) < 4.78 is 9.92. The summed E-state index contributed by atoms with van der Waals surface area (Å²) >= 11 is 0. The van der Waals surface area contributed by atoms with Crippen LogP contribution in [0, 0.1) is 5.41 Å². The van der Waals surface area contributed by atoms with Crippen LogP contribution in [0.5, 0.6) is 0 Å². The molecule has 0 saturated carbocycles. The summed E-state index contributed by atoms with van der Waals surface area (Å²) in [6, 6.07) is 7.98. The van der Waals surface area contributed by atoms with Crippen molar-refractivity contribution in [2.75, 3.05) is 7.05 Å². The van der Waals surface area contributed by atoms with Crippen LogP contribution in [-0.4, -0.2) is 53.4 Å². The number of carbonyl (C=O) groups excluding carboxylic acids is 2. The maximum absolute atomic E-state index is 12.1. The zero-order valence-electron chi connectivity index (χ0n) is 15.1. The number of rotatable bonds is 6. The van der Waals surface area contributed by atoms with Gasteiger partial charge in [0.15, 0.2) is 0 Å². The summed E-state index contributed by atoms with van der Waals surface area (Å²) in [5, 5.41) is 18.6. The Morgan fingerprint density at radius 1 is 1.12 bits per heavy atom. The molecule has 0 heterocycles. The number of nitrogens with one attached hydrogen (secondary N) is 2. The summed E-state index contributed by atoms with van der Waals surface area (Å²) in [5.41, 5.74) is 0.764. The van der Waals surface area contributed by atoms with Crippen molar-refractivity contribution in [3.05, 3.63) is 35.9 Å². The topological polar surface area (TPSA) is 129 Å². The minimum absolute atomic E-state index is 0.457. The predicted octanol–water partition coefficient (Wildman–Crippen LogP) is 1.75. The molecule has 0 fully saturated rings. The molecule has 1 aromatic carbocycles. The summed E-state index contributed by atoms with van der Waals surface area (Å²) in [5.74, 6) is -2.71. The molecule has 0 radical (unpaired) electrons. The van der Waals surface area contributed by atoms with Gasteiger partial charge in [-0.15, -0.1) is 0 Å². The van der Waals surface area contributed by atoms with Gasteiger partial charge >= 0.3 is 18.0 Å². The van der Waals surface area contributed by atoms with E-state index in [1.165, 1.54) is 20.9 Å². The summed E-state index contributed by atoms with van der Waals surface area (Å²) in [4.78, 5) is 35.7. The second kappa shape index (κ2) is 9.40. The van der Waals surface area contributed by atoms with Gasteiger partial charge in [0.1, 0.15) is 6.04 Å². The van der Waals surface area contributed by atoms with Crippen LogP contribution in [0.4, 0.5) is 4.79 Å². The Morgan fingerprint density at radius 3 is 2.23 bits per heavy atom. The number of ether oxygens (including phenoxy) is 2. The Hall–Kier alpha value is -3.10. The number of alkyl carbamates (subject to hydrolysis) is 1. The number of aliphatic carboxylic acids is 1. The van der Waals surface area contributed by atoms with Crippen LogP contribution < -0.4 is 5.32 Å². The lowest BCUT2D eigenvalue weighted by atomic mass is 10.0. The number of carboxylic acids is 1. The highest BCUT2D eigenvalue weighted by Crippen LogP contribution is 2.17. The Balaban J connectivity index is 2.50. The van der Waals surface area contributed by atoms with Crippen LogP contribution in [0.3, 0.4) is 0 Å². The lowest BCUT2D eigenvalue weighted by molar-refractivity contribution is -0.166. The third-order valence-electron chi connectivity index (χ3n) is 3.72. The molecule has 9 nitrogen and oxygen atoms in total. The van der Waals surface area contributed by atoms with E-state index >= 15 is 0 Å². The largest absolute Gasteiger partial charge is 0.480 e. The fourth-order valence-electron chi connectivity index (χ4n) is 1.89. The third-order valence-corrected chi connectivity index (χ3v) is 3.72. The van der Waals surface area contributed by atoms with E-state index in [2.05, 4.69) is 5.32 Å². The van der Waals surface area contributed by atoms with Crippen molar-refractivity contribution in [1.29, 1.82) is 5.41 Å². The quantitative estimate of drug-likeness (QED) is 0.303. The molecule has 0 aromatic heterocycles. The van der Waals surface area contributed by atoms with E-state index in [9.17, 15) is 14.4 Å². The van der Waals surface area contributed by atoms with Crippen LogP contribution in [0.2, 0.25) is 0 Å². The Bertz CT molecular complexity index is 664. The summed E-state index contributed by atoms with van der Waals surface area (Å²) in [7, 11) is 1.34. The number of esters is 1. The van der Waals surface area contributed by atoms with E-state index in [1.807, 2.05) is 6.07 Å². The Labute approximate surface area is 151 Å². The molecule has 0 bridgehead atoms. The molecule has 1 rings (SSSR count). The molecule has 0 aliphatic rings. The third kappa shape index (κ3) is 6.08. The SMILES string of the molecule is CC(OC(=O)NC(=N)N(C)C(C)C(=O)O)OC(=O)C(C)c1ccccc1. The molecule has 1 aromatic rings. The van der Waals surface area contributed by atoms with Crippen molar-refractivity contribution in [1.82, 2.24) is 10.2 Å². The van der Waals surface area contributed by atoms with Crippen LogP contribution in [0.1, 0.15) is 32.3 Å². The number of hydrogen-bond acceptors (Lipinski definition) is 6. The molecular weight excluding hydrogens is 342 g/mol. The highest BCUT2D eigenvalue weighted by Gasteiger charge is 2.23. The van der Waals surface area contributed by atoms with Crippen molar-refractivity contribution in [3.63, 3.8) is 0 Å². The molecular formula is C17H23N3O6. The fourth-order valence-corrected chi connectivity index (χ4v) is 1.89. The Kier molecular flexibility index (Phi) is 7.57. The first-order valence-corrected chi connectivity index (χ1v) is 7.90. The van der Waals surface area contributed by atoms with E-state index < -0.39 is 42.2 Å². The van der Waals surface area contributed by atoms with Gasteiger partial charge in [-0.05, 0) is 19.4 Å². The zero-order chi connectivity index (χ0) is 19.9. The zero-order valence-corrected chi connectivity index (χ0v) is 15.1. The molecule has 1 amide bonds. The highest BCUT2D eigenvalue weighted by molar-refractivity contribution is 5.94. The molecule has 9 heteroatoms. The molecule has 0 aliphatic heterocycles. The van der Waals surface area contributed by atoms with E-state index in [0.29, 0.717) is 0 Å². The highest BCUT2D eigenvalue weighted by atomic mass is 16.7. The van der Waals surface area contributed by atoms with Crippen molar-refractivity contribution in [2.45, 2.75) is 39.0 Å². The van der Waals surface area contributed by atoms with Crippen LogP contribution in [0.25, 0.3) is 0 Å². The van der Waals surface area contributed by atoms with E-state index in [0.717, 1.165) is 10.5 Å². The predicted molar refractivity (Wildman–Crippen MR) is 92.6 cm³/mol. The van der Waals surface area contributed by atoms with Gasteiger partial charge in [-0.3, -0.25) is 15.5 Å². The molecule has 0 spiro atoms. The first-order valence-electron chi connectivity index (χ1n) is 7.90. The van der Waals surface area contributed by atoms with Gasteiger partial charge in [-0.25, -0.2) is 9.59 Å². The number of benzene rings is 1. The van der Waals surface area contributed by atoms with Gasteiger partial charge in [0.05, 0.1) is 5.92 Å². The van der Waals surface area contributed by atoms with Gasteiger partial charge in [0.25, 0.3) is 0 Å². The maximum Gasteiger partial charge on any atom is 0.417 e. The first kappa shape index (κ1) is 20.9. The van der Waals surface area contributed by atoms with Gasteiger partial charge in [-0.1, -0.05) is 30.3 Å². The lowest BCUT2D eigenvalue weighted by Gasteiger charge is -2.24. The van der Waals surface area contributed by atoms with Crippen LogP contribution in [0.15, 0.2) is 30.3 Å². The van der Waals surface area contributed by atoms with Crippen molar-refractivity contribution in [2.24, 2.45) is 0 Å². The minimum atomic E-state index is -1.18. The lowest BCUT2D eigenvalue weighted by Crippen LogP contribution is -2.48. The van der Waals surface area contributed by atoms with Crippen molar-refractivity contribution < 1.29 is 29.0 Å². The standard InChI is InChI=1S/C17H23N3O6/c1-10(13-8-6-5-7-9-13)15(23)25-12(3)26-17(24)19-16(18)20(4)11(2)14(21)22/h5-12H,1-4H3,(H,21,22)(H2,18,19,24). The van der Waals surface area contributed by atoms with Gasteiger partial charge in [0, 0.05) is 14.0 Å². The smallest absolute Gasteiger partial charge is 0.417 e. The number of hydrogen-bond donors (Lipinski definition) is 3. The van der Waals surface area contributed by atoms with Crippen molar-refractivity contribution >= 4 is 24.0 Å². The molecule has 0 aliphatic carbocycles. The second-order valence-corrected chi connectivity index (χ2v) is 5.64. The monoisotopic (exact) mass is 365 g/mol. The number of likely N-dealkylation sites (N-methyl/N-ethyl adjacent to an activating group) is 1. The van der Waals surface area contributed by atoms with E-state index in [1.54, 1.807) is 31.2 Å². The van der Waals surface area contributed by atoms with Gasteiger partial charge in [-0.2, -0.15) is 0 Å². The van der Waals surface area contributed by atoms with Gasteiger partial charge in [0.2, 0.25) is 12.2 Å². The van der Waals surface area contributed by atoms with E-state index in [4.69, 9.17) is 20.0 Å². The molecule has 3 unspecified atom stereocenters. The number of amides is 1. The average molecular weight is 365 g/mol. The molecule has 0 saturated heterocycles. The summed E-state index contributed by atoms with van der Waals surface area (Å²) in [6.07, 6.45) is -2.21. The maximum atomic E-state index is 12.1. The van der Waals surface area contributed by atoms with Crippen LogP contribution >= 0.6 is 0 Å². The number of carbonyl (C=O) groups is 3. The molecule has 26 heavy (non-hydrogen) atoms. The minimum Gasteiger partial charge on any atom is -0.480 e. The van der Waals surface area contributed by atoms with Crippen LogP contribution in [-0.2, 0) is 19.1 Å². The second-order valence-electron chi connectivity index (χ2n) is 5.64. The first-order chi connectivity index (χ1) is 12.1. The van der Waals surface area contributed by atoms with Crippen molar-refractivity contribution in [3.8, 4) is 0 Å².